The first kappa shape index (κ1) is 15.3. The van der Waals surface area contributed by atoms with Crippen LogP contribution in [0.2, 0.25) is 0 Å². The lowest BCUT2D eigenvalue weighted by Crippen LogP contribution is -2.40. The Balaban J connectivity index is 4.21. The zero-order valence-electron chi connectivity index (χ0n) is 11.0. The predicted octanol–water partition coefficient (Wildman–Crippen LogP) is 1.82. The molecule has 0 aromatic rings. The SMILES string of the molecule is C=C/C=C(\C=C)OCC(C)(C)CNC(N)=NC. The van der Waals surface area contributed by atoms with Gasteiger partial charge in [-0.05, 0) is 12.2 Å². The van der Waals surface area contributed by atoms with Crippen molar-refractivity contribution < 1.29 is 4.74 Å². The molecule has 0 aliphatic heterocycles. The maximum atomic E-state index is 5.61. The second-order valence-electron chi connectivity index (χ2n) is 4.42. The van der Waals surface area contributed by atoms with Gasteiger partial charge in [0, 0.05) is 19.0 Å². The van der Waals surface area contributed by atoms with Gasteiger partial charge >= 0.3 is 0 Å². The number of allylic oxidation sites excluding steroid dienone is 3. The number of nitrogens with zero attached hydrogens (tertiary/aromatic N) is 1. The van der Waals surface area contributed by atoms with Crippen LogP contribution in [0, 0.1) is 5.41 Å². The first-order valence-electron chi connectivity index (χ1n) is 5.49. The zero-order chi connectivity index (χ0) is 13.3. The number of ether oxygens (including phenoxy) is 1. The molecule has 0 unspecified atom stereocenters. The summed E-state index contributed by atoms with van der Waals surface area (Å²) in [6.07, 6.45) is 5.11. The molecule has 0 aromatic carbocycles. The van der Waals surface area contributed by atoms with Crippen LogP contribution in [0.5, 0.6) is 0 Å². The minimum absolute atomic E-state index is 0.0570. The molecule has 0 aromatic heterocycles. The molecule has 4 heteroatoms. The van der Waals surface area contributed by atoms with Gasteiger partial charge in [0.15, 0.2) is 5.96 Å². The van der Waals surface area contributed by atoms with Crippen molar-refractivity contribution in [3.63, 3.8) is 0 Å². The van der Waals surface area contributed by atoms with Crippen molar-refractivity contribution in [3.05, 3.63) is 37.1 Å². The zero-order valence-corrected chi connectivity index (χ0v) is 11.0. The van der Waals surface area contributed by atoms with Crippen molar-refractivity contribution in [2.75, 3.05) is 20.2 Å². The van der Waals surface area contributed by atoms with Crippen LogP contribution >= 0.6 is 0 Å². The summed E-state index contributed by atoms with van der Waals surface area (Å²) >= 11 is 0. The van der Waals surface area contributed by atoms with E-state index in [1.165, 1.54) is 0 Å². The molecule has 0 aliphatic carbocycles. The number of hydrogen-bond acceptors (Lipinski definition) is 2. The van der Waals surface area contributed by atoms with Crippen molar-refractivity contribution in [2.45, 2.75) is 13.8 Å². The number of guanidine groups is 1. The van der Waals surface area contributed by atoms with E-state index in [2.05, 4.69) is 37.3 Å². The Morgan fingerprint density at radius 3 is 2.59 bits per heavy atom. The Hall–Kier alpha value is -1.71. The Bertz CT molecular complexity index is 317. The first-order chi connectivity index (χ1) is 7.95. The Labute approximate surface area is 104 Å². The lowest BCUT2D eigenvalue weighted by Gasteiger charge is -2.25. The molecule has 0 aliphatic rings. The summed E-state index contributed by atoms with van der Waals surface area (Å²) < 4.78 is 5.61. The molecule has 0 radical (unpaired) electrons. The monoisotopic (exact) mass is 237 g/mol. The van der Waals surface area contributed by atoms with Crippen molar-refractivity contribution in [1.29, 1.82) is 0 Å². The minimum Gasteiger partial charge on any atom is -0.493 e. The normalized spacial score (nSPS) is 13.1. The van der Waals surface area contributed by atoms with Gasteiger partial charge in [0.05, 0.1) is 6.61 Å². The Kier molecular flexibility index (Phi) is 6.79. The lowest BCUT2D eigenvalue weighted by molar-refractivity contribution is 0.125. The molecule has 0 bridgehead atoms. The molecule has 96 valence electrons. The molecule has 17 heavy (non-hydrogen) atoms. The Morgan fingerprint density at radius 2 is 2.12 bits per heavy atom. The quantitative estimate of drug-likeness (QED) is 0.307. The van der Waals surface area contributed by atoms with E-state index < -0.39 is 0 Å². The fourth-order valence-corrected chi connectivity index (χ4v) is 1.03. The van der Waals surface area contributed by atoms with Crippen LogP contribution in [0.1, 0.15) is 13.8 Å². The highest BCUT2D eigenvalue weighted by Crippen LogP contribution is 2.16. The molecule has 4 nitrogen and oxygen atoms in total. The van der Waals surface area contributed by atoms with Crippen LogP contribution in [0.3, 0.4) is 0 Å². The molecule has 0 spiro atoms. The molecule has 0 amide bonds. The van der Waals surface area contributed by atoms with Crippen LogP contribution in [0.4, 0.5) is 0 Å². The van der Waals surface area contributed by atoms with Gasteiger partial charge in [-0.3, -0.25) is 4.99 Å². The summed E-state index contributed by atoms with van der Waals surface area (Å²) in [6, 6.07) is 0. The van der Waals surface area contributed by atoms with Gasteiger partial charge in [-0.15, -0.1) is 0 Å². The van der Waals surface area contributed by atoms with E-state index in [9.17, 15) is 0 Å². The minimum atomic E-state index is -0.0570. The average Bonchev–Trinajstić information content (AvgIpc) is 2.31. The van der Waals surface area contributed by atoms with Gasteiger partial charge in [-0.1, -0.05) is 33.1 Å². The van der Waals surface area contributed by atoms with Gasteiger partial charge < -0.3 is 15.8 Å². The second-order valence-corrected chi connectivity index (χ2v) is 4.42. The largest absolute Gasteiger partial charge is 0.493 e. The highest BCUT2D eigenvalue weighted by atomic mass is 16.5. The van der Waals surface area contributed by atoms with E-state index in [1.54, 1.807) is 25.3 Å². The number of nitrogens with one attached hydrogen (secondary N) is 1. The fraction of sp³-hybridized carbons (Fsp3) is 0.462. The smallest absolute Gasteiger partial charge is 0.188 e. The van der Waals surface area contributed by atoms with Crippen LogP contribution in [0.25, 0.3) is 0 Å². The van der Waals surface area contributed by atoms with Crippen LogP contribution in [-0.2, 0) is 4.74 Å². The van der Waals surface area contributed by atoms with E-state index >= 15 is 0 Å². The molecule has 0 saturated carbocycles. The summed E-state index contributed by atoms with van der Waals surface area (Å²) in [5.41, 5.74) is 5.51. The maximum absolute atomic E-state index is 5.61. The molecular weight excluding hydrogens is 214 g/mol. The van der Waals surface area contributed by atoms with E-state index in [1.807, 2.05) is 0 Å². The molecule has 0 fully saturated rings. The summed E-state index contributed by atoms with van der Waals surface area (Å²) in [5, 5.41) is 3.03. The third-order valence-corrected chi connectivity index (χ3v) is 2.10. The van der Waals surface area contributed by atoms with E-state index in [-0.39, 0.29) is 5.41 Å². The maximum Gasteiger partial charge on any atom is 0.188 e. The van der Waals surface area contributed by atoms with Gasteiger partial charge in [0.2, 0.25) is 0 Å². The summed E-state index contributed by atoms with van der Waals surface area (Å²) in [6.45, 7) is 12.7. The number of hydrogen-bond donors (Lipinski definition) is 2. The van der Waals surface area contributed by atoms with Gasteiger partial charge in [-0.2, -0.15) is 0 Å². The molecule has 0 saturated heterocycles. The first-order valence-corrected chi connectivity index (χ1v) is 5.49. The number of aliphatic imine (C=N–C) groups is 1. The number of rotatable bonds is 7. The van der Waals surface area contributed by atoms with E-state index in [0.29, 0.717) is 24.9 Å². The highest BCUT2D eigenvalue weighted by molar-refractivity contribution is 5.77. The molecular formula is C13H23N3O. The summed E-state index contributed by atoms with van der Waals surface area (Å²) in [5.74, 6) is 1.15. The van der Waals surface area contributed by atoms with Crippen LogP contribution in [-0.4, -0.2) is 26.2 Å². The summed E-state index contributed by atoms with van der Waals surface area (Å²) in [4.78, 5) is 3.83. The predicted molar refractivity (Wildman–Crippen MR) is 73.8 cm³/mol. The van der Waals surface area contributed by atoms with Crippen molar-refractivity contribution in [3.8, 4) is 0 Å². The topological polar surface area (TPSA) is 59.6 Å². The van der Waals surface area contributed by atoms with Crippen LogP contribution < -0.4 is 11.1 Å². The lowest BCUT2D eigenvalue weighted by atomic mass is 9.95. The number of nitrogens with two attached hydrogens (primary N) is 1. The highest BCUT2D eigenvalue weighted by Gasteiger charge is 2.19. The van der Waals surface area contributed by atoms with Gasteiger partial charge in [-0.25, -0.2) is 0 Å². The molecule has 3 N–H and O–H groups in total. The third kappa shape index (κ3) is 7.22. The summed E-state index contributed by atoms with van der Waals surface area (Å²) in [7, 11) is 1.65. The third-order valence-electron chi connectivity index (χ3n) is 2.10. The Morgan fingerprint density at radius 1 is 1.47 bits per heavy atom. The van der Waals surface area contributed by atoms with Crippen molar-refractivity contribution in [2.24, 2.45) is 16.1 Å². The molecule has 0 rings (SSSR count). The second kappa shape index (κ2) is 7.54. The standard InChI is InChI=1S/C13H23N3O/c1-6-8-11(7-2)17-10-13(3,4)9-16-12(14)15-5/h6-8H,1-2,9-10H2,3-5H3,(H3,14,15,16)/b11-8+. The van der Waals surface area contributed by atoms with Crippen LogP contribution in [0.15, 0.2) is 42.1 Å². The van der Waals surface area contributed by atoms with Gasteiger partial charge in [0.25, 0.3) is 0 Å². The van der Waals surface area contributed by atoms with E-state index in [0.717, 1.165) is 0 Å². The van der Waals surface area contributed by atoms with Gasteiger partial charge in [0.1, 0.15) is 5.76 Å². The molecule has 0 heterocycles. The average molecular weight is 237 g/mol. The molecule has 0 atom stereocenters. The van der Waals surface area contributed by atoms with Crippen molar-refractivity contribution >= 4 is 5.96 Å². The van der Waals surface area contributed by atoms with Crippen molar-refractivity contribution in [1.82, 2.24) is 5.32 Å². The fourth-order valence-electron chi connectivity index (χ4n) is 1.03. The van der Waals surface area contributed by atoms with E-state index in [4.69, 9.17) is 10.5 Å².